The van der Waals surface area contributed by atoms with Gasteiger partial charge in [-0.05, 0) is 78.5 Å². The lowest BCUT2D eigenvalue weighted by Crippen LogP contribution is -2.10. The van der Waals surface area contributed by atoms with Gasteiger partial charge in [-0.25, -0.2) is 0 Å². The lowest BCUT2D eigenvalue weighted by molar-refractivity contribution is -0.121. The lowest BCUT2D eigenvalue weighted by atomic mass is 9.96. The summed E-state index contributed by atoms with van der Waals surface area (Å²) in [6, 6.07) is 6.64. The topological polar surface area (TPSA) is 17.1 Å². The van der Waals surface area contributed by atoms with Gasteiger partial charge < -0.3 is 0 Å². The van der Waals surface area contributed by atoms with Crippen LogP contribution in [0.4, 0.5) is 0 Å². The Morgan fingerprint density at radius 2 is 1.93 bits per heavy atom. The highest BCUT2D eigenvalue weighted by molar-refractivity contribution is 14.1. The van der Waals surface area contributed by atoms with Crippen molar-refractivity contribution in [3.63, 3.8) is 0 Å². The fourth-order valence-electron chi connectivity index (χ4n) is 2.28. The molecule has 0 spiro atoms. The van der Waals surface area contributed by atoms with Gasteiger partial charge in [0.05, 0.1) is 0 Å². The predicted octanol–water partition coefficient (Wildman–Crippen LogP) is 3.38. The summed E-state index contributed by atoms with van der Waals surface area (Å²) in [5.41, 5.74) is 2.89. The van der Waals surface area contributed by atoms with Crippen LogP contribution in [0.1, 0.15) is 30.9 Å². The number of rotatable bonds is 1. The van der Waals surface area contributed by atoms with E-state index in [0.29, 0.717) is 5.78 Å². The molecule has 0 saturated heterocycles. The molecule has 0 fully saturated rings. The summed E-state index contributed by atoms with van der Waals surface area (Å²) in [5, 5.41) is 0. The fourth-order valence-corrected chi connectivity index (χ4v) is 2.84. The molecule has 2 heteroatoms. The second-order valence-electron chi connectivity index (χ2n) is 4.30. The minimum Gasteiger partial charge on any atom is -0.300 e. The average Bonchev–Trinajstić information content (AvgIpc) is 2.39. The van der Waals surface area contributed by atoms with Gasteiger partial charge in [0.15, 0.2) is 0 Å². The summed E-state index contributed by atoms with van der Waals surface area (Å²) in [5.74, 6) is 0.646. The Balaban J connectivity index is 2.21. The molecule has 0 amide bonds. The Bertz CT molecular complexity index is 384. The number of hydrogen-bond acceptors (Lipinski definition) is 1. The normalized spacial score (nSPS) is 20.5. The number of benzene rings is 1. The van der Waals surface area contributed by atoms with Crippen LogP contribution in [-0.2, 0) is 17.6 Å². The molecule has 15 heavy (non-hydrogen) atoms. The smallest absolute Gasteiger partial charge is 0.132 e. The van der Waals surface area contributed by atoms with E-state index in [4.69, 9.17) is 0 Å². The molecule has 1 nitrogen and oxygen atoms in total. The first-order valence-electron chi connectivity index (χ1n) is 5.44. The summed E-state index contributed by atoms with van der Waals surface area (Å²) >= 11 is 2.35. The van der Waals surface area contributed by atoms with Crippen LogP contribution in [-0.4, -0.2) is 5.78 Å². The molecule has 1 aliphatic rings. The van der Waals surface area contributed by atoms with Crippen LogP contribution in [0.2, 0.25) is 0 Å². The summed E-state index contributed by atoms with van der Waals surface area (Å²) in [6.07, 6.45) is 4.19. The van der Waals surface area contributed by atoms with Gasteiger partial charge in [-0.3, -0.25) is 4.79 Å². The highest BCUT2D eigenvalue weighted by Gasteiger charge is 2.19. The predicted molar refractivity (Wildman–Crippen MR) is 70.0 cm³/mol. The molecule has 0 aromatic heterocycles. The Labute approximate surface area is 104 Å². The zero-order valence-corrected chi connectivity index (χ0v) is 11.1. The number of aryl methyl sites for hydroxylation is 2. The highest BCUT2D eigenvalue weighted by Crippen LogP contribution is 2.26. The maximum absolute atomic E-state index is 11.4. The standard InChI is InChI=1S/C13H15IO/c1-9(15)10-2-4-11-6-7-13(14)8-12(11)5-3-10/h6-8,10H,2-5H2,1H3. The van der Waals surface area contributed by atoms with Crippen molar-refractivity contribution in [2.24, 2.45) is 5.92 Å². The van der Waals surface area contributed by atoms with Crippen molar-refractivity contribution in [3.05, 3.63) is 32.9 Å². The van der Waals surface area contributed by atoms with Crippen molar-refractivity contribution in [1.29, 1.82) is 0 Å². The Morgan fingerprint density at radius 1 is 1.27 bits per heavy atom. The number of carbonyl (C=O) groups excluding carboxylic acids is 1. The molecule has 1 unspecified atom stereocenters. The largest absolute Gasteiger partial charge is 0.300 e. The molecule has 0 N–H and O–H groups in total. The minimum absolute atomic E-state index is 0.287. The third-order valence-corrected chi connectivity index (χ3v) is 3.94. The molecule has 80 valence electrons. The Hall–Kier alpha value is -0.380. The molecular weight excluding hydrogens is 299 g/mol. The monoisotopic (exact) mass is 314 g/mol. The first kappa shape index (κ1) is 11.1. The molecule has 1 aliphatic carbocycles. The van der Waals surface area contributed by atoms with Crippen LogP contribution in [0, 0.1) is 9.49 Å². The van der Waals surface area contributed by atoms with Crippen molar-refractivity contribution >= 4 is 28.4 Å². The third-order valence-electron chi connectivity index (χ3n) is 3.27. The van der Waals surface area contributed by atoms with Gasteiger partial charge in [0.2, 0.25) is 0 Å². The number of ketones is 1. The Kier molecular flexibility index (Phi) is 3.44. The molecule has 0 aliphatic heterocycles. The van der Waals surface area contributed by atoms with E-state index in [9.17, 15) is 4.79 Å². The molecule has 0 bridgehead atoms. The van der Waals surface area contributed by atoms with Crippen molar-refractivity contribution in [2.75, 3.05) is 0 Å². The van der Waals surface area contributed by atoms with Gasteiger partial charge in [0, 0.05) is 9.49 Å². The van der Waals surface area contributed by atoms with Gasteiger partial charge in [-0.2, -0.15) is 0 Å². The molecule has 1 aromatic rings. The molecule has 1 aromatic carbocycles. The number of fused-ring (bicyclic) bond motifs is 1. The maximum atomic E-state index is 11.4. The molecule has 0 radical (unpaired) electrons. The van der Waals surface area contributed by atoms with Crippen LogP contribution < -0.4 is 0 Å². The summed E-state index contributed by atoms with van der Waals surface area (Å²) < 4.78 is 1.30. The van der Waals surface area contributed by atoms with E-state index in [-0.39, 0.29) is 5.92 Å². The third kappa shape index (κ3) is 2.60. The van der Waals surface area contributed by atoms with E-state index >= 15 is 0 Å². The van der Waals surface area contributed by atoms with Gasteiger partial charge in [0.1, 0.15) is 5.78 Å². The summed E-state index contributed by atoms with van der Waals surface area (Å²) in [7, 11) is 0. The van der Waals surface area contributed by atoms with E-state index in [1.807, 2.05) is 0 Å². The second-order valence-corrected chi connectivity index (χ2v) is 5.54. The van der Waals surface area contributed by atoms with E-state index in [0.717, 1.165) is 25.7 Å². The van der Waals surface area contributed by atoms with Gasteiger partial charge >= 0.3 is 0 Å². The van der Waals surface area contributed by atoms with Crippen molar-refractivity contribution < 1.29 is 4.79 Å². The zero-order valence-electron chi connectivity index (χ0n) is 8.92. The molecule has 0 heterocycles. The lowest BCUT2D eigenvalue weighted by Gasteiger charge is -2.07. The minimum atomic E-state index is 0.287. The van der Waals surface area contributed by atoms with Crippen LogP contribution in [0.25, 0.3) is 0 Å². The van der Waals surface area contributed by atoms with Crippen LogP contribution >= 0.6 is 22.6 Å². The first-order valence-corrected chi connectivity index (χ1v) is 6.52. The van der Waals surface area contributed by atoms with E-state index in [1.54, 1.807) is 6.92 Å². The van der Waals surface area contributed by atoms with Crippen molar-refractivity contribution in [2.45, 2.75) is 32.6 Å². The molecule has 1 atom stereocenters. The van der Waals surface area contributed by atoms with Crippen LogP contribution in [0.15, 0.2) is 18.2 Å². The van der Waals surface area contributed by atoms with Gasteiger partial charge in [0.25, 0.3) is 0 Å². The molecular formula is C13H15IO. The number of carbonyl (C=O) groups is 1. The number of hydrogen-bond donors (Lipinski definition) is 0. The zero-order chi connectivity index (χ0) is 10.8. The highest BCUT2D eigenvalue weighted by atomic mass is 127. The molecule has 2 rings (SSSR count). The number of halogens is 1. The second kappa shape index (κ2) is 4.64. The SMILES string of the molecule is CC(=O)C1CCc2ccc(I)cc2CC1. The van der Waals surface area contributed by atoms with Gasteiger partial charge in [-0.1, -0.05) is 6.07 Å². The van der Waals surface area contributed by atoms with Gasteiger partial charge in [-0.15, -0.1) is 0 Å². The van der Waals surface area contributed by atoms with E-state index in [2.05, 4.69) is 40.8 Å². The van der Waals surface area contributed by atoms with Crippen LogP contribution in [0.5, 0.6) is 0 Å². The summed E-state index contributed by atoms with van der Waals surface area (Å²) in [6.45, 7) is 1.73. The van der Waals surface area contributed by atoms with Crippen molar-refractivity contribution in [1.82, 2.24) is 0 Å². The first-order chi connectivity index (χ1) is 7.16. The number of Topliss-reactive ketones (excluding diaryl/α,β-unsaturated/α-hetero) is 1. The average molecular weight is 314 g/mol. The molecule has 0 saturated carbocycles. The van der Waals surface area contributed by atoms with Crippen molar-refractivity contribution in [3.8, 4) is 0 Å². The van der Waals surface area contributed by atoms with Crippen LogP contribution in [0.3, 0.4) is 0 Å². The summed E-state index contributed by atoms with van der Waals surface area (Å²) in [4.78, 5) is 11.4. The van der Waals surface area contributed by atoms with E-state index in [1.165, 1.54) is 14.7 Å². The fraction of sp³-hybridized carbons (Fsp3) is 0.462. The quantitative estimate of drug-likeness (QED) is 0.574. The van der Waals surface area contributed by atoms with E-state index < -0.39 is 0 Å². The Morgan fingerprint density at radius 3 is 2.60 bits per heavy atom. The maximum Gasteiger partial charge on any atom is 0.132 e.